The largest absolute Gasteiger partial charge is 0.350 e. The van der Waals surface area contributed by atoms with Crippen molar-refractivity contribution in [2.24, 2.45) is 17.9 Å². The maximum absolute atomic E-state index is 10.2. The molecule has 0 aliphatic heterocycles. The number of urea groups is 1. The molecule has 7 nitrogen and oxygen atoms in total. The second kappa shape index (κ2) is 3.46. The Morgan fingerprint density at radius 3 is 3.17 bits per heavy atom. The molecular formula is C5H8N6O. The lowest BCUT2D eigenvalue weighted by Gasteiger charge is -1.87. The first kappa shape index (κ1) is 8.18. The van der Waals surface area contributed by atoms with Crippen molar-refractivity contribution in [3.63, 3.8) is 0 Å². The van der Waals surface area contributed by atoms with Crippen LogP contribution in [0.1, 0.15) is 5.69 Å². The number of hydrogen-bond acceptors (Lipinski definition) is 4. The lowest BCUT2D eigenvalue weighted by molar-refractivity contribution is 0.249. The average Bonchev–Trinajstić information content (AvgIpc) is 2.35. The number of hydrazone groups is 1. The number of nitrogens with two attached hydrogens (primary N) is 1. The van der Waals surface area contributed by atoms with Crippen molar-refractivity contribution in [1.82, 2.24) is 20.4 Å². The van der Waals surface area contributed by atoms with E-state index in [0.717, 1.165) is 0 Å². The Labute approximate surface area is 68.2 Å². The molecule has 0 unspecified atom stereocenters. The van der Waals surface area contributed by atoms with Gasteiger partial charge in [0.15, 0.2) is 0 Å². The van der Waals surface area contributed by atoms with Crippen LogP contribution in [0.5, 0.6) is 0 Å². The van der Waals surface area contributed by atoms with Crippen LogP contribution in [0.3, 0.4) is 0 Å². The predicted molar refractivity (Wildman–Crippen MR) is 41.3 cm³/mol. The van der Waals surface area contributed by atoms with Crippen LogP contribution in [0.15, 0.2) is 11.3 Å². The number of hydrogen-bond donors (Lipinski definition) is 2. The van der Waals surface area contributed by atoms with Crippen molar-refractivity contribution in [3.05, 3.63) is 11.9 Å². The molecule has 1 aromatic rings. The highest BCUT2D eigenvalue weighted by Crippen LogP contribution is 1.82. The zero-order valence-electron chi connectivity index (χ0n) is 6.43. The van der Waals surface area contributed by atoms with Crippen LogP contribution < -0.4 is 11.2 Å². The lowest BCUT2D eigenvalue weighted by Crippen LogP contribution is -2.24. The Bertz CT molecular complexity index is 303. The Kier molecular flexibility index (Phi) is 2.36. The van der Waals surface area contributed by atoms with E-state index in [2.05, 4.69) is 15.3 Å². The third-order valence-electron chi connectivity index (χ3n) is 0.989. The van der Waals surface area contributed by atoms with Crippen LogP contribution in [-0.4, -0.2) is 27.2 Å². The first-order valence-corrected chi connectivity index (χ1v) is 3.13. The summed E-state index contributed by atoms with van der Waals surface area (Å²) in [6.07, 6.45) is 2.85. The van der Waals surface area contributed by atoms with Gasteiger partial charge in [0.1, 0.15) is 5.69 Å². The smallest absolute Gasteiger partial charge is 0.332 e. The van der Waals surface area contributed by atoms with E-state index in [1.807, 2.05) is 5.43 Å². The molecule has 3 N–H and O–H groups in total. The fraction of sp³-hybridized carbons (Fsp3) is 0.200. The second-order valence-corrected chi connectivity index (χ2v) is 1.99. The highest BCUT2D eigenvalue weighted by atomic mass is 16.2. The van der Waals surface area contributed by atoms with Crippen LogP contribution in [0.4, 0.5) is 4.79 Å². The molecule has 12 heavy (non-hydrogen) atoms. The number of carbonyl (C=O) groups excluding carboxylic acids is 1. The van der Waals surface area contributed by atoms with Gasteiger partial charge in [-0.15, -0.1) is 0 Å². The molecule has 0 fully saturated rings. The van der Waals surface area contributed by atoms with Gasteiger partial charge in [-0.3, -0.25) is 0 Å². The van der Waals surface area contributed by atoms with Gasteiger partial charge < -0.3 is 5.73 Å². The summed E-state index contributed by atoms with van der Waals surface area (Å²) in [6.45, 7) is 0. The third-order valence-corrected chi connectivity index (χ3v) is 0.989. The van der Waals surface area contributed by atoms with E-state index >= 15 is 0 Å². The van der Waals surface area contributed by atoms with E-state index in [9.17, 15) is 4.79 Å². The summed E-state index contributed by atoms with van der Waals surface area (Å²) in [5, 5.41) is 11.1. The molecule has 0 bridgehead atoms. The van der Waals surface area contributed by atoms with Crippen LogP contribution in [0, 0.1) is 0 Å². The Morgan fingerprint density at radius 1 is 1.92 bits per heavy atom. The maximum atomic E-state index is 10.2. The molecule has 7 heteroatoms. The molecule has 1 rings (SSSR count). The summed E-state index contributed by atoms with van der Waals surface area (Å²) < 4.78 is 0. The quantitative estimate of drug-likeness (QED) is 0.429. The monoisotopic (exact) mass is 168 g/mol. The van der Waals surface area contributed by atoms with E-state index in [-0.39, 0.29) is 0 Å². The number of amides is 2. The number of aryl methyl sites for hydroxylation is 1. The minimum absolute atomic E-state index is 0.547. The fourth-order valence-corrected chi connectivity index (χ4v) is 0.583. The number of primary amides is 1. The number of carbonyl (C=O) groups is 1. The summed E-state index contributed by atoms with van der Waals surface area (Å²) in [6, 6.07) is -0.713. The normalized spacial score (nSPS) is 10.4. The summed E-state index contributed by atoms with van der Waals surface area (Å²) in [4.78, 5) is 11.5. The van der Waals surface area contributed by atoms with Gasteiger partial charge in [0.05, 0.1) is 12.4 Å². The molecular weight excluding hydrogens is 160 g/mol. The van der Waals surface area contributed by atoms with E-state index in [0.29, 0.717) is 5.69 Å². The summed E-state index contributed by atoms with van der Waals surface area (Å²) >= 11 is 0. The first-order chi connectivity index (χ1) is 5.68. The second-order valence-electron chi connectivity index (χ2n) is 1.99. The summed E-state index contributed by atoms with van der Waals surface area (Å²) in [5.41, 5.74) is 7.34. The zero-order chi connectivity index (χ0) is 8.97. The van der Waals surface area contributed by atoms with Gasteiger partial charge in [-0.1, -0.05) is 0 Å². The van der Waals surface area contributed by atoms with Crippen molar-refractivity contribution in [3.8, 4) is 0 Å². The van der Waals surface area contributed by atoms with E-state index in [1.165, 1.54) is 17.2 Å². The fourth-order valence-electron chi connectivity index (χ4n) is 0.583. The first-order valence-electron chi connectivity index (χ1n) is 3.13. The van der Waals surface area contributed by atoms with Crippen LogP contribution in [-0.2, 0) is 7.05 Å². The number of nitrogens with one attached hydrogen (secondary N) is 1. The average molecular weight is 168 g/mol. The van der Waals surface area contributed by atoms with Crippen molar-refractivity contribution < 1.29 is 4.79 Å². The molecule has 0 aliphatic rings. The molecule has 2 amide bonds. The van der Waals surface area contributed by atoms with Gasteiger partial charge in [-0.05, 0) is 0 Å². The van der Waals surface area contributed by atoms with E-state index in [4.69, 9.17) is 5.73 Å². The van der Waals surface area contributed by atoms with Crippen molar-refractivity contribution in [2.75, 3.05) is 0 Å². The van der Waals surface area contributed by atoms with E-state index < -0.39 is 6.03 Å². The van der Waals surface area contributed by atoms with Crippen LogP contribution >= 0.6 is 0 Å². The number of nitrogens with zero attached hydrogens (tertiary/aromatic N) is 4. The molecule has 0 aliphatic carbocycles. The van der Waals surface area contributed by atoms with E-state index in [1.54, 1.807) is 7.05 Å². The summed E-state index contributed by atoms with van der Waals surface area (Å²) in [7, 11) is 1.68. The minimum Gasteiger partial charge on any atom is -0.350 e. The van der Waals surface area contributed by atoms with Crippen molar-refractivity contribution in [2.45, 2.75) is 0 Å². The zero-order valence-corrected chi connectivity index (χ0v) is 6.43. The molecule has 0 saturated heterocycles. The highest BCUT2D eigenvalue weighted by Gasteiger charge is 1.92. The Balaban J connectivity index is 2.52. The maximum Gasteiger partial charge on any atom is 0.332 e. The Morgan fingerprint density at radius 2 is 2.67 bits per heavy atom. The molecule has 0 spiro atoms. The van der Waals surface area contributed by atoms with Gasteiger partial charge in [0.25, 0.3) is 0 Å². The van der Waals surface area contributed by atoms with Gasteiger partial charge in [0, 0.05) is 7.05 Å². The number of rotatable bonds is 2. The minimum atomic E-state index is -0.713. The molecule has 1 heterocycles. The van der Waals surface area contributed by atoms with Crippen molar-refractivity contribution >= 4 is 12.2 Å². The molecule has 1 aromatic heterocycles. The topological polar surface area (TPSA) is 98.2 Å². The molecule has 0 saturated carbocycles. The highest BCUT2D eigenvalue weighted by molar-refractivity contribution is 5.78. The molecule has 0 atom stereocenters. The predicted octanol–water partition coefficient (Wildman–Crippen LogP) is -1.18. The Hall–Kier alpha value is -1.92. The summed E-state index contributed by atoms with van der Waals surface area (Å²) in [5.74, 6) is 0. The molecule has 64 valence electrons. The van der Waals surface area contributed by atoms with Gasteiger partial charge in [-0.2, -0.15) is 20.1 Å². The molecule has 0 radical (unpaired) electrons. The van der Waals surface area contributed by atoms with Gasteiger partial charge in [0.2, 0.25) is 0 Å². The SMILES string of the molecule is Cn1ncc(/C=N/NC(N)=O)n1. The van der Waals surface area contributed by atoms with Gasteiger partial charge >= 0.3 is 6.03 Å². The van der Waals surface area contributed by atoms with Crippen molar-refractivity contribution in [1.29, 1.82) is 0 Å². The molecule has 0 aromatic carbocycles. The number of aromatic nitrogens is 3. The lowest BCUT2D eigenvalue weighted by atomic mass is 10.5. The third kappa shape index (κ3) is 2.37. The van der Waals surface area contributed by atoms with Crippen LogP contribution in [0.25, 0.3) is 0 Å². The van der Waals surface area contributed by atoms with Crippen LogP contribution in [0.2, 0.25) is 0 Å². The standard InChI is InChI=1S/C5H8N6O/c1-11-8-3-4(10-11)2-7-9-5(6)12/h2-3H,1H3,(H3,6,9,12)/b7-2+. The van der Waals surface area contributed by atoms with Gasteiger partial charge in [-0.25, -0.2) is 10.2 Å².